The SMILES string of the molecule is O=S(=O)(/C(=C/Sc1ccccn1)c1ccccc1)c1ccccc1. The Kier molecular flexibility index (Phi) is 5.13. The van der Waals surface area contributed by atoms with Gasteiger partial charge in [-0.15, -0.1) is 0 Å². The summed E-state index contributed by atoms with van der Waals surface area (Å²) in [5, 5.41) is 2.40. The van der Waals surface area contributed by atoms with Crippen LogP contribution in [0.15, 0.2) is 100 Å². The Bertz CT molecular complexity index is 923. The molecule has 0 bridgehead atoms. The molecular formula is C19H15NO2S2. The Morgan fingerprint density at radius 2 is 1.46 bits per heavy atom. The van der Waals surface area contributed by atoms with Crippen LogP contribution in [0.25, 0.3) is 4.91 Å². The first-order valence-electron chi connectivity index (χ1n) is 7.31. The molecule has 0 saturated heterocycles. The highest BCUT2D eigenvalue weighted by molar-refractivity contribution is 8.05. The quantitative estimate of drug-likeness (QED) is 0.627. The average molecular weight is 353 g/mol. The normalized spacial score (nSPS) is 12.1. The second-order valence-electron chi connectivity index (χ2n) is 4.95. The van der Waals surface area contributed by atoms with Gasteiger partial charge in [0, 0.05) is 6.20 Å². The minimum atomic E-state index is -3.61. The van der Waals surface area contributed by atoms with Crippen LogP contribution < -0.4 is 0 Å². The van der Waals surface area contributed by atoms with Gasteiger partial charge in [-0.25, -0.2) is 13.4 Å². The van der Waals surface area contributed by atoms with Crippen molar-refractivity contribution in [1.82, 2.24) is 4.98 Å². The number of benzene rings is 2. The van der Waals surface area contributed by atoms with Gasteiger partial charge in [0.1, 0.15) is 5.03 Å². The summed E-state index contributed by atoms with van der Waals surface area (Å²) in [5.74, 6) is 0. The molecule has 0 aliphatic carbocycles. The fraction of sp³-hybridized carbons (Fsp3) is 0. The highest BCUT2D eigenvalue weighted by atomic mass is 32.2. The van der Waals surface area contributed by atoms with E-state index in [0.717, 1.165) is 5.03 Å². The summed E-state index contributed by atoms with van der Waals surface area (Å²) < 4.78 is 26.1. The maximum atomic E-state index is 13.1. The lowest BCUT2D eigenvalue weighted by Crippen LogP contribution is -2.04. The number of thioether (sulfide) groups is 1. The highest BCUT2D eigenvalue weighted by Gasteiger charge is 2.22. The monoisotopic (exact) mass is 353 g/mol. The van der Waals surface area contributed by atoms with Gasteiger partial charge in [0.15, 0.2) is 0 Å². The summed E-state index contributed by atoms with van der Waals surface area (Å²) in [6.45, 7) is 0. The van der Waals surface area contributed by atoms with E-state index in [1.165, 1.54) is 11.8 Å². The number of hydrogen-bond donors (Lipinski definition) is 0. The van der Waals surface area contributed by atoms with E-state index in [1.54, 1.807) is 54.1 Å². The maximum absolute atomic E-state index is 13.1. The van der Waals surface area contributed by atoms with E-state index < -0.39 is 9.84 Å². The Hall–Kier alpha value is -2.37. The van der Waals surface area contributed by atoms with Gasteiger partial charge in [0.25, 0.3) is 0 Å². The molecule has 2 aromatic carbocycles. The molecule has 120 valence electrons. The van der Waals surface area contributed by atoms with Crippen LogP contribution in [0.3, 0.4) is 0 Å². The third-order valence-corrected chi connectivity index (χ3v) is 6.14. The first-order chi connectivity index (χ1) is 11.7. The van der Waals surface area contributed by atoms with Crippen LogP contribution in [0.2, 0.25) is 0 Å². The van der Waals surface area contributed by atoms with E-state index in [0.29, 0.717) is 5.56 Å². The molecule has 0 saturated carbocycles. The topological polar surface area (TPSA) is 47.0 Å². The first-order valence-corrected chi connectivity index (χ1v) is 9.67. The van der Waals surface area contributed by atoms with Crippen molar-refractivity contribution in [3.63, 3.8) is 0 Å². The van der Waals surface area contributed by atoms with E-state index in [2.05, 4.69) is 4.98 Å². The molecule has 3 aromatic rings. The number of rotatable bonds is 5. The zero-order valence-electron chi connectivity index (χ0n) is 12.7. The van der Waals surface area contributed by atoms with Gasteiger partial charge >= 0.3 is 0 Å². The fourth-order valence-electron chi connectivity index (χ4n) is 2.15. The van der Waals surface area contributed by atoms with Crippen LogP contribution in [0.5, 0.6) is 0 Å². The van der Waals surface area contributed by atoms with E-state index >= 15 is 0 Å². The molecule has 3 rings (SSSR count). The standard InChI is InChI=1S/C19H15NO2S2/c21-24(22,17-11-5-2-6-12-17)18(16-9-3-1-4-10-16)15-23-19-13-7-8-14-20-19/h1-15H/b18-15+. The average Bonchev–Trinajstić information content (AvgIpc) is 2.64. The van der Waals surface area contributed by atoms with Gasteiger partial charge in [-0.3, -0.25) is 0 Å². The molecule has 0 aliphatic heterocycles. The fourth-order valence-corrected chi connectivity index (χ4v) is 4.66. The Balaban J connectivity index is 2.06. The lowest BCUT2D eigenvalue weighted by atomic mass is 10.2. The summed E-state index contributed by atoms with van der Waals surface area (Å²) in [4.78, 5) is 4.77. The van der Waals surface area contributed by atoms with E-state index in [4.69, 9.17) is 0 Å². The lowest BCUT2D eigenvalue weighted by molar-refractivity contribution is 0.606. The molecule has 1 heterocycles. The maximum Gasteiger partial charge on any atom is 0.207 e. The summed E-state index contributed by atoms with van der Waals surface area (Å²) in [7, 11) is -3.61. The minimum Gasteiger partial charge on any atom is -0.250 e. The van der Waals surface area contributed by atoms with Crippen molar-refractivity contribution in [2.75, 3.05) is 0 Å². The zero-order chi connectivity index (χ0) is 16.8. The Morgan fingerprint density at radius 3 is 2.08 bits per heavy atom. The van der Waals surface area contributed by atoms with Crippen LogP contribution >= 0.6 is 11.8 Å². The van der Waals surface area contributed by atoms with Crippen LogP contribution in [-0.2, 0) is 9.84 Å². The number of aromatic nitrogens is 1. The van der Waals surface area contributed by atoms with Gasteiger partial charge in [-0.1, -0.05) is 66.4 Å². The van der Waals surface area contributed by atoms with Crippen molar-refractivity contribution in [1.29, 1.82) is 0 Å². The zero-order valence-corrected chi connectivity index (χ0v) is 14.4. The molecular weight excluding hydrogens is 338 g/mol. The Labute approximate surface area is 146 Å². The van der Waals surface area contributed by atoms with E-state index in [9.17, 15) is 8.42 Å². The first kappa shape index (κ1) is 16.5. The summed E-state index contributed by atoms with van der Waals surface area (Å²) >= 11 is 1.29. The van der Waals surface area contributed by atoms with E-state index in [1.807, 2.05) is 36.4 Å². The summed E-state index contributed by atoms with van der Waals surface area (Å²) in [6.07, 6.45) is 1.68. The minimum absolute atomic E-state index is 0.268. The molecule has 3 nitrogen and oxygen atoms in total. The molecule has 0 atom stereocenters. The molecule has 0 fully saturated rings. The van der Waals surface area contributed by atoms with Gasteiger partial charge in [0.05, 0.1) is 9.80 Å². The Morgan fingerprint density at radius 1 is 0.833 bits per heavy atom. The number of pyridine rings is 1. The van der Waals surface area contributed by atoms with Crippen LogP contribution in [0, 0.1) is 0 Å². The predicted molar refractivity (Wildman–Crippen MR) is 98.1 cm³/mol. The highest BCUT2D eigenvalue weighted by Crippen LogP contribution is 2.31. The number of hydrogen-bond acceptors (Lipinski definition) is 4. The lowest BCUT2D eigenvalue weighted by Gasteiger charge is -2.10. The molecule has 0 amide bonds. The van der Waals surface area contributed by atoms with Gasteiger partial charge in [-0.05, 0) is 35.2 Å². The third kappa shape index (κ3) is 3.75. The molecule has 0 spiro atoms. The van der Waals surface area contributed by atoms with Gasteiger partial charge in [-0.2, -0.15) is 0 Å². The van der Waals surface area contributed by atoms with Crippen LogP contribution in [-0.4, -0.2) is 13.4 Å². The molecule has 0 aliphatic rings. The molecule has 0 N–H and O–H groups in total. The van der Waals surface area contributed by atoms with Crippen LogP contribution in [0.4, 0.5) is 0 Å². The summed E-state index contributed by atoms with van der Waals surface area (Å²) in [5.41, 5.74) is 0.657. The van der Waals surface area contributed by atoms with E-state index in [-0.39, 0.29) is 9.80 Å². The van der Waals surface area contributed by atoms with Crippen molar-refractivity contribution < 1.29 is 8.42 Å². The van der Waals surface area contributed by atoms with Crippen molar-refractivity contribution >= 4 is 26.5 Å². The molecule has 1 aromatic heterocycles. The van der Waals surface area contributed by atoms with Gasteiger partial charge in [0.2, 0.25) is 9.84 Å². The smallest absolute Gasteiger partial charge is 0.207 e. The second kappa shape index (κ2) is 7.47. The number of nitrogens with zero attached hydrogens (tertiary/aromatic N) is 1. The van der Waals surface area contributed by atoms with Gasteiger partial charge < -0.3 is 0 Å². The van der Waals surface area contributed by atoms with Crippen molar-refractivity contribution in [2.24, 2.45) is 0 Å². The second-order valence-corrected chi connectivity index (χ2v) is 7.76. The number of sulfone groups is 1. The van der Waals surface area contributed by atoms with Crippen molar-refractivity contribution in [3.8, 4) is 0 Å². The predicted octanol–water partition coefficient (Wildman–Crippen LogP) is 4.65. The third-order valence-electron chi connectivity index (χ3n) is 3.33. The largest absolute Gasteiger partial charge is 0.250 e. The molecule has 5 heteroatoms. The van der Waals surface area contributed by atoms with Crippen LogP contribution in [0.1, 0.15) is 5.56 Å². The molecule has 24 heavy (non-hydrogen) atoms. The summed E-state index contributed by atoms with van der Waals surface area (Å²) in [6, 6.07) is 23.1. The molecule has 0 unspecified atom stereocenters. The van der Waals surface area contributed by atoms with Crippen molar-refractivity contribution in [2.45, 2.75) is 9.92 Å². The molecule has 0 radical (unpaired) electrons. The van der Waals surface area contributed by atoms with Crippen molar-refractivity contribution in [3.05, 3.63) is 96.0 Å².